The molecule has 0 aromatic carbocycles. The van der Waals surface area contributed by atoms with E-state index < -0.39 is 0 Å². The molecule has 102 valence electrons. The highest BCUT2D eigenvalue weighted by Gasteiger charge is 2.10. The molecule has 0 aliphatic carbocycles. The molecule has 8 nitrogen and oxygen atoms in total. The SMILES string of the molecule is CCCOc1ncnc(NCc2noc(C)n2)c1N. The third-order valence-corrected chi connectivity index (χ3v) is 2.27. The molecule has 0 spiro atoms. The van der Waals surface area contributed by atoms with Gasteiger partial charge in [0.05, 0.1) is 13.2 Å². The molecule has 8 heteroatoms. The van der Waals surface area contributed by atoms with Gasteiger partial charge in [0.1, 0.15) is 12.0 Å². The monoisotopic (exact) mass is 264 g/mol. The smallest absolute Gasteiger partial charge is 0.242 e. The van der Waals surface area contributed by atoms with Crippen LogP contribution in [0.4, 0.5) is 11.5 Å². The molecule has 0 aliphatic rings. The Hall–Kier alpha value is -2.38. The Labute approximate surface area is 110 Å². The number of aryl methyl sites for hydroxylation is 1. The lowest BCUT2D eigenvalue weighted by atomic mass is 10.4. The Balaban J connectivity index is 2.03. The zero-order valence-electron chi connectivity index (χ0n) is 10.9. The van der Waals surface area contributed by atoms with Crippen LogP contribution in [0, 0.1) is 6.92 Å². The highest BCUT2D eigenvalue weighted by Crippen LogP contribution is 2.24. The fourth-order valence-electron chi connectivity index (χ4n) is 1.41. The first-order valence-corrected chi connectivity index (χ1v) is 5.97. The molecule has 0 bridgehead atoms. The van der Waals surface area contributed by atoms with E-state index in [1.165, 1.54) is 6.33 Å². The number of nitrogens with two attached hydrogens (primary N) is 1. The third-order valence-electron chi connectivity index (χ3n) is 2.27. The summed E-state index contributed by atoms with van der Waals surface area (Å²) in [6.45, 7) is 4.66. The summed E-state index contributed by atoms with van der Waals surface area (Å²) in [5.74, 6) is 1.91. The minimum absolute atomic E-state index is 0.367. The van der Waals surface area contributed by atoms with E-state index >= 15 is 0 Å². The van der Waals surface area contributed by atoms with Crippen LogP contribution in [0.5, 0.6) is 5.88 Å². The summed E-state index contributed by atoms with van der Waals surface area (Å²) in [5.41, 5.74) is 6.29. The fourth-order valence-corrected chi connectivity index (χ4v) is 1.41. The molecule has 0 saturated heterocycles. The average Bonchev–Trinajstić information content (AvgIpc) is 2.82. The number of nitrogens with one attached hydrogen (secondary N) is 1. The van der Waals surface area contributed by atoms with Gasteiger partial charge in [-0.1, -0.05) is 12.1 Å². The summed E-state index contributed by atoms with van der Waals surface area (Å²) < 4.78 is 10.3. The van der Waals surface area contributed by atoms with Crippen molar-refractivity contribution >= 4 is 11.5 Å². The van der Waals surface area contributed by atoms with E-state index in [2.05, 4.69) is 25.4 Å². The van der Waals surface area contributed by atoms with Crippen LogP contribution >= 0.6 is 0 Å². The molecule has 2 rings (SSSR count). The first-order valence-electron chi connectivity index (χ1n) is 5.97. The van der Waals surface area contributed by atoms with Gasteiger partial charge in [-0.2, -0.15) is 9.97 Å². The van der Waals surface area contributed by atoms with Crippen LogP contribution in [0.15, 0.2) is 10.9 Å². The van der Waals surface area contributed by atoms with Crippen molar-refractivity contribution in [1.29, 1.82) is 0 Å². The lowest BCUT2D eigenvalue weighted by molar-refractivity contribution is 0.306. The van der Waals surface area contributed by atoms with Crippen LogP contribution in [-0.2, 0) is 6.54 Å². The number of nitrogen functional groups attached to an aromatic ring is 1. The van der Waals surface area contributed by atoms with Crippen molar-refractivity contribution in [2.24, 2.45) is 0 Å². The predicted octanol–water partition coefficient (Wildman–Crippen LogP) is 1.15. The first kappa shape index (κ1) is 13.1. The second-order valence-corrected chi connectivity index (χ2v) is 3.87. The Bertz CT molecular complexity index is 542. The molecule has 0 unspecified atom stereocenters. The Morgan fingerprint density at radius 1 is 1.42 bits per heavy atom. The second kappa shape index (κ2) is 5.98. The lowest BCUT2D eigenvalue weighted by Crippen LogP contribution is -2.09. The van der Waals surface area contributed by atoms with Crippen LogP contribution in [0.2, 0.25) is 0 Å². The van der Waals surface area contributed by atoms with Gasteiger partial charge in [-0.15, -0.1) is 0 Å². The van der Waals surface area contributed by atoms with Crippen molar-refractivity contribution in [3.63, 3.8) is 0 Å². The topological polar surface area (TPSA) is 112 Å². The third kappa shape index (κ3) is 3.30. The summed E-state index contributed by atoms with van der Waals surface area (Å²) in [5, 5.41) is 6.79. The lowest BCUT2D eigenvalue weighted by Gasteiger charge is -2.10. The molecule has 19 heavy (non-hydrogen) atoms. The highest BCUT2D eigenvalue weighted by atomic mass is 16.5. The largest absolute Gasteiger partial charge is 0.476 e. The number of hydrogen-bond acceptors (Lipinski definition) is 8. The second-order valence-electron chi connectivity index (χ2n) is 3.87. The van der Waals surface area contributed by atoms with Crippen molar-refractivity contribution in [2.75, 3.05) is 17.7 Å². The first-order chi connectivity index (χ1) is 9.20. The minimum atomic E-state index is 0.367. The molecule has 0 amide bonds. The van der Waals surface area contributed by atoms with Crippen LogP contribution in [0.25, 0.3) is 0 Å². The van der Waals surface area contributed by atoms with E-state index in [4.69, 9.17) is 15.0 Å². The molecule has 2 aromatic heterocycles. The van der Waals surface area contributed by atoms with Gasteiger partial charge in [-0.3, -0.25) is 0 Å². The summed E-state index contributed by atoms with van der Waals surface area (Å²) in [4.78, 5) is 12.1. The van der Waals surface area contributed by atoms with Gasteiger partial charge >= 0.3 is 0 Å². The van der Waals surface area contributed by atoms with Crippen molar-refractivity contribution < 1.29 is 9.26 Å². The number of nitrogens with zero attached hydrogens (tertiary/aromatic N) is 4. The molecule has 0 saturated carbocycles. The quantitative estimate of drug-likeness (QED) is 0.799. The molecule has 0 aliphatic heterocycles. The van der Waals surface area contributed by atoms with E-state index in [1.807, 2.05) is 6.92 Å². The summed E-state index contributed by atoms with van der Waals surface area (Å²) in [7, 11) is 0. The molecule has 3 N–H and O–H groups in total. The fraction of sp³-hybridized carbons (Fsp3) is 0.455. The number of ether oxygens (including phenoxy) is 1. The molecule has 0 radical (unpaired) electrons. The van der Waals surface area contributed by atoms with Crippen LogP contribution < -0.4 is 15.8 Å². The normalized spacial score (nSPS) is 10.4. The van der Waals surface area contributed by atoms with Gasteiger partial charge in [0.2, 0.25) is 11.8 Å². The number of hydrogen-bond donors (Lipinski definition) is 2. The molecular formula is C11H16N6O2. The van der Waals surface area contributed by atoms with Gasteiger partial charge in [-0.25, -0.2) is 4.98 Å². The molecule has 2 heterocycles. The highest BCUT2D eigenvalue weighted by molar-refractivity contribution is 5.66. The number of aromatic nitrogens is 4. The van der Waals surface area contributed by atoms with E-state index in [9.17, 15) is 0 Å². The minimum Gasteiger partial charge on any atom is -0.476 e. The van der Waals surface area contributed by atoms with Crippen molar-refractivity contribution in [3.8, 4) is 5.88 Å². The van der Waals surface area contributed by atoms with E-state index in [1.54, 1.807) is 6.92 Å². The van der Waals surface area contributed by atoms with E-state index in [0.717, 1.165) is 6.42 Å². The zero-order chi connectivity index (χ0) is 13.7. The van der Waals surface area contributed by atoms with Crippen molar-refractivity contribution in [2.45, 2.75) is 26.8 Å². The molecular weight excluding hydrogens is 248 g/mol. The zero-order valence-corrected chi connectivity index (χ0v) is 10.9. The molecule has 0 fully saturated rings. The summed E-state index contributed by atoms with van der Waals surface area (Å²) in [6, 6.07) is 0. The van der Waals surface area contributed by atoms with Crippen molar-refractivity contribution in [3.05, 3.63) is 18.0 Å². The van der Waals surface area contributed by atoms with Gasteiger partial charge in [-0.05, 0) is 6.42 Å². The van der Waals surface area contributed by atoms with Crippen molar-refractivity contribution in [1.82, 2.24) is 20.1 Å². The van der Waals surface area contributed by atoms with Crippen LogP contribution in [-0.4, -0.2) is 26.7 Å². The Morgan fingerprint density at radius 3 is 2.95 bits per heavy atom. The van der Waals surface area contributed by atoms with Gasteiger partial charge in [0.25, 0.3) is 0 Å². The maximum atomic E-state index is 5.92. The van der Waals surface area contributed by atoms with E-state index in [-0.39, 0.29) is 0 Å². The maximum absolute atomic E-state index is 5.92. The Kier molecular flexibility index (Phi) is 4.11. The van der Waals surface area contributed by atoms with Crippen LogP contribution in [0.1, 0.15) is 25.1 Å². The van der Waals surface area contributed by atoms with Gasteiger partial charge < -0.3 is 20.3 Å². The summed E-state index contributed by atoms with van der Waals surface area (Å²) in [6.07, 6.45) is 2.28. The molecule has 2 aromatic rings. The molecule has 0 atom stereocenters. The average molecular weight is 264 g/mol. The maximum Gasteiger partial charge on any atom is 0.242 e. The number of rotatable bonds is 6. The van der Waals surface area contributed by atoms with Gasteiger partial charge in [0.15, 0.2) is 11.6 Å². The van der Waals surface area contributed by atoms with Gasteiger partial charge in [0, 0.05) is 6.92 Å². The number of anilines is 2. The predicted molar refractivity (Wildman–Crippen MR) is 68.6 cm³/mol. The van der Waals surface area contributed by atoms with Crippen LogP contribution in [0.3, 0.4) is 0 Å². The standard InChI is InChI=1S/C11H16N6O2/c1-3-4-18-11-9(12)10(14-6-15-11)13-5-8-16-7(2)19-17-8/h6H,3-5,12H2,1-2H3,(H,13,14,15). The van der Waals surface area contributed by atoms with E-state index in [0.29, 0.717) is 42.3 Å². The summed E-state index contributed by atoms with van der Waals surface area (Å²) >= 11 is 0. The Morgan fingerprint density at radius 2 is 2.26 bits per heavy atom.